The maximum atomic E-state index is 13.5. The lowest BCUT2D eigenvalue weighted by molar-refractivity contribution is 0.383. The van der Waals surface area contributed by atoms with Crippen molar-refractivity contribution in [1.82, 2.24) is 27.8 Å². The number of nitrogens with zero attached hydrogens (tertiary/aromatic N) is 6. The van der Waals surface area contributed by atoms with E-state index in [1.807, 2.05) is 19.0 Å². The highest BCUT2D eigenvalue weighted by Gasteiger charge is 2.32. The lowest BCUT2D eigenvalue weighted by atomic mass is 10.4. The molecule has 0 unspecified atom stereocenters. The first-order valence-corrected chi connectivity index (χ1v) is 11.0. The van der Waals surface area contributed by atoms with Crippen molar-refractivity contribution < 1.29 is 8.42 Å². The third kappa shape index (κ3) is 2.94. The minimum Gasteiger partial charge on any atom is -0.308 e. The highest BCUT2D eigenvalue weighted by molar-refractivity contribution is 7.90. The van der Waals surface area contributed by atoms with Gasteiger partial charge in [0.25, 0.3) is 10.0 Å². The monoisotopic (exact) mass is 460 g/mol. The number of rotatable bonds is 5. The zero-order valence-electron chi connectivity index (χ0n) is 14.7. The first-order chi connectivity index (χ1) is 13.2. The van der Waals surface area contributed by atoms with Crippen LogP contribution in [0.5, 0.6) is 0 Å². The van der Waals surface area contributed by atoms with Gasteiger partial charge in [0, 0.05) is 25.5 Å². The molecular weight excluding hydrogens is 447 g/mol. The molecule has 4 heterocycles. The van der Waals surface area contributed by atoms with Gasteiger partial charge >= 0.3 is 5.69 Å². The molecule has 0 aliphatic carbocycles. The Bertz CT molecular complexity index is 1370. The van der Waals surface area contributed by atoms with E-state index < -0.39 is 15.7 Å². The van der Waals surface area contributed by atoms with Crippen molar-refractivity contribution in [3.8, 4) is 0 Å². The molecule has 13 heteroatoms. The Kier molecular flexibility index (Phi) is 4.74. The molecule has 0 bridgehead atoms. The third-order valence-electron chi connectivity index (χ3n) is 4.12. The number of thiazole rings is 1. The van der Waals surface area contributed by atoms with Crippen LogP contribution in [-0.4, -0.2) is 56.9 Å². The van der Waals surface area contributed by atoms with Gasteiger partial charge in [0.15, 0.2) is 15.8 Å². The van der Waals surface area contributed by atoms with Gasteiger partial charge in [0.1, 0.15) is 9.85 Å². The lowest BCUT2D eigenvalue weighted by Gasteiger charge is -2.09. The molecule has 4 rings (SSSR count). The summed E-state index contributed by atoms with van der Waals surface area (Å²) in [6.45, 7) is 0.815. The van der Waals surface area contributed by atoms with Gasteiger partial charge in [-0.25, -0.2) is 14.8 Å². The molecule has 0 amide bonds. The van der Waals surface area contributed by atoms with E-state index >= 15 is 0 Å². The first-order valence-electron chi connectivity index (χ1n) is 8.01. The number of likely N-dealkylation sites (N-methyl/N-ethyl adjacent to an activating group) is 1. The van der Waals surface area contributed by atoms with Crippen LogP contribution in [0.2, 0.25) is 9.49 Å². The van der Waals surface area contributed by atoms with Crippen molar-refractivity contribution in [2.75, 3.05) is 20.6 Å². The molecule has 0 spiro atoms. The molecule has 0 aromatic carbocycles. The molecule has 0 aliphatic rings. The van der Waals surface area contributed by atoms with Crippen LogP contribution in [0.4, 0.5) is 0 Å². The van der Waals surface area contributed by atoms with Crippen molar-refractivity contribution in [3.63, 3.8) is 0 Å². The van der Waals surface area contributed by atoms with Gasteiger partial charge in [0.05, 0.1) is 0 Å². The van der Waals surface area contributed by atoms with Crippen molar-refractivity contribution in [2.24, 2.45) is 0 Å². The zero-order valence-corrected chi connectivity index (χ0v) is 17.8. The van der Waals surface area contributed by atoms with E-state index in [9.17, 15) is 13.2 Å². The number of fused-ring (bicyclic) bond motifs is 2. The zero-order chi connectivity index (χ0) is 20.2. The standard InChI is InChI=1S/C15H14Cl2N6O3S2/c1-20(2)6-7-21-12-9(4-3-5-18-12)23(15(21)24)28(25,26)13-11(17)19-14-22(13)8-10(16)27-14/h3-5,8H,6-7H2,1-2H3. The van der Waals surface area contributed by atoms with E-state index in [0.717, 1.165) is 11.3 Å². The summed E-state index contributed by atoms with van der Waals surface area (Å²) in [5.74, 6) is 0. The number of aromatic nitrogens is 5. The highest BCUT2D eigenvalue weighted by Crippen LogP contribution is 2.31. The predicted molar refractivity (Wildman–Crippen MR) is 108 cm³/mol. The summed E-state index contributed by atoms with van der Waals surface area (Å²) in [6.07, 6.45) is 2.91. The van der Waals surface area contributed by atoms with Crippen molar-refractivity contribution in [1.29, 1.82) is 0 Å². The quantitative estimate of drug-likeness (QED) is 0.452. The fourth-order valence-electron chi connectivity index (χ4n) is 2.88. The van der Waals surface area contributed by atoms with Crippen molar-refractivity contribution >= 4 is 60.7 Å². The SMILES string of the molecule is CN(C)CCn1c(=O)n(S(=O)(=O)c2c(Cl)nc3sc(Cl)cn23)c2cccnc21. The number of pyridine rings is 1. The molecule has 0 N–H and O–H groups in total. The van der Waals surface area contributed by atoms with Gasteiger partial charge in [-0.3, -0.25) is 8.97 Å². The van der Waals surface area contributed by atoms with Gasteiger partial charge in [0.2, 0.25) is 5.03 Å². The molecule has 9 nitrogen and oxygen atoms in total. The number of hydrogen-bond donors (Lipinski definition) is 0. The summed E-state index contributed by atoms with van der Waals surface area (Å²) in [6, 6.07) is 3.10. The van der Waals surface area contributed by atoms with Crippen LogP contribution >= 0.6 is 34.5 Å². The first kappa shape index (κ1) is 19.4. The van der Waals surface area contributed by atoms with E-state index in [0.29, 0.717) is 19.8 Å². The summed E-state index contributed by atoms with van der Waals surface area (Å²) in [5, 5.41) is -0.544. The van der Waals surface area contributed by atoms with E-state index in [4.69, 9.17) is 23.2 Å². The Labute approximate surface area is 173 Å². The van der Waals surface area contributed by atoms with Gasteiger partial charge in [-0.15, -0.1) is 0 Å². The molecule has 0 atom stereocenters. The average molecular weight is 461 g/mol. The van der Waals surface area contributed by atoms with E-state index in [1.165, 1.54) is 27.4 Å². The molecule has 4 aromatic heterocycles. The van der Waals surface area contributed by atoms with Crippen LogP contribution in [0, 0.1) is 0 Å². The van der Waals surface area contributed by atoms with Crippen LogP contribution in [0.1, 0.15) is 0 Å². The Morgan fingerprint density at radius 3 is 2.75 bits per heavy atom. The number of halogens is 2. The molecule has 0 saturated heterocycles. The van der Waals surface area contributed by atoms with Gasteiger partial charge in [-0.1, -0.05) is 34.5 Å². The topological polar surface area (TPSA) is 94.5 Å². The van der Waals surface area contributed by atoms with E-state index in [-0.39, 0.29) is 27.9 Å². The van der Waals surface area contributed by atoms with Crippen LogP contribution in [0.3, 0.4) is 0 Å². The van der Waals surface area contributed by atoms with Crippen LogP contribution in [0.25, 0.3) is 16.1 Å². The molecule has 28 heavy (non-hydrogen) atoms. The van der Waals surface area contributed by atoms with Crippen LogP contribution in [0.15, 0.2) is 34.3 Å². The third-order valence-corrected chi connectivity index (χ3v) is 7.30. The summed E-state index contributed by atoms with van der Waals surface area (Å²) in [4.78, 5) is 23.5. The molecule has 148 valence electrons. The highest BCUT2D eigenvalue weighted by atomic mass is 35.5. The van der Waals surface area contributed by atoms with Crippen LogP contribution in [-0.2, 0) is 16.6 Å². The molecule has 0 radical (unpaired) electrons. The summed E-state index contributed by atoms with van der Waals surface area (Å²) >= 11 is 13.2. The Hall–Kier alpha value is -1.92. The molecular formula is C15H14Cl2N6O3S2. The second-order valence-corrected chi connectivity index (χ2v) is 9.95. The Morgan fingerprint density at radius 2 is 2.04 bits per heavy atom. The number of imidazole rings is 2. The second kappa shape index (κ2) is 6.85. The van der Waals surface area contributed by atoms with Crippen molar-refractivity contribution in [2.45, 2.75) is 11.6 Å². The lowest BCUT2D eigenvalue weighted by Crippen LogP contribution is -2.32. The fourth-order valence-corrected chi connectivity index (χ4v) is 5.99. The summed E-state index contributed by atoms with van der Waals surface area (Å²) in [7, 11) is -0.651. The second-order valence-electron chi connectivity index (χ2n) is 6.25. The fraction of sp³-hybridized carbons (Fsp3) is 0.267. The van der Waals surface area contributed by atoms with Gasteiger partial charge in [-0.2, -0.15) is 12.4 Å². The average Bonchev–Trinajstić information content (AvgIpc) is 3.19. The van der Waals surface area contributed by atoms with E-state index in [1.54, 1.807) is 6.07 Å². The molecule has 0 saturated carbocycles. The van der Waals surface area contributed by atoms with E-state index in [2.05, 4.69) is 9.97 Å². The molecule has 0 fully saturated rings. The van der Waals surface area contributed by atoms with Crippen molar-refractivity contribution in [3.05, 3.63) is 44.5 Å². The Balaban J connectivity index is 2.01. The van der Waals surface area contributed by atoms with Gasteiger partial charge in [-0.05, 0) is 26.2 Å². The maximum Gasteiger partial charge on any atom is 0.344 e. The normalized spacial score (nSPS) is 12.6. The molecule has 4 aromatic rings. The minimum absolute atomic E-state index is 0.165. The largest absolute Gasteiger partial charge is 0.344 e. The maximum absolute atomic E-state index is 13.5. The number of hydrogen-bond acceptors (Lipinski definition) is 7. The Morgan fingerprint density at radius 1 is 1.29 bits per heavy atom. The summed E-state index contributed by atoms with van der Waals surface area (Å²) < 4.78 is 30.6. The predicted octanol–water partition coefficient (Wildman–Crippen LogP) is 2.01. The van der Waals surface area contributed by atoms with Crippen LogP contribution < -0.4 is 5.69 Å². The smallest absolute Gasteiger partial charge is 0.308 e. The summed E-state index contributed by atoms with van der Waals surface area (Å²) in [5.41, 5.74) is -0.278. The molecule has 0 aliphatic heterocycles. The van der Waals surface area contributed by atoms with Gasteiger partial charge < -0.3 is 4.90 Å². The minimum atomic E-state index is -4.37.